The molecule has 0 saturated carbocycles. The molecule has 1 aliphatic rings. The molecule has 106 valence electrons. The highest BCUT2D eigenvalue weighted by molar-refractivity contribution is 5.92. The third-order valence-corrected chi connectivity index (χ3v) is 2.95. The zero-order chi connectivity index (χ0) is 14.5. The van der Waals surface area contributed by atoms with Gasteiger partial charge in [0, 0.05) is 19.0 Å². The lowest BCUT2D eigenvalue weighted by molar-refractivity contribution is -0.119. The summed E-state index contributed by atoms with van der Waals surface area (Å²) >= 11 is 0. The molecule has 1 heterocycles. The normalized spacial score (nSPS) is 17.5. The van der Waals surface area contributed by atoms with E-state index in [4.69, 9.17) is 4.74 Å². The molecule has 1 saturated heterocycles. The van der Waals surface area contributed by atoms with Gasteiger partial charge in [0.1, 0.15) is 5.60 Å². The number of allylic oxidation sites excluding steroid dienone is 3. The summed E-state index contributed by atoms with van der Waals surface area (Å²) in [5, 5.41) is 0. The van der Waals surface area contributed by atoms with E-state index in [-0.39, 0.29) is 17.8 Å². The molecule has 1 amide bonds. The summed E-state index contributed by atoms with van der Waals surface area (Å²) in [6.45, 7) is 10.2. The first-order valence-electron chi connectivity index (χ1n) is 6.64. The fraction of sp³-hybridized carbons (Fsp3) is 0.600. The number of hydrogen-bond acceptors (Lipinski definition) is 3. The molecule has 0 unspecified atom stereocenters. The van der Waals surface area contributed by atoms with Crippen molar-refractivity contribution in [2.75, 3.05) is 13.1 Å². The quantitative estimate of drug-likeness (QED) is 0.582. The van der Waals surface area contributed by atoms with Crippen molar-refractivity contribution in [3.8, 4) is 0 Å². The van der Waals surface area contributed by atoms with Gasteiger partial charge in [-0.25, -0.2) is 4.79 Å². The van der Waals surface area contributed by atoms with Crippen LogP contribution < -0.4 is 0 Å². The van der Waals surface area contributed by atoms with Crippen molar-refractivity contribution in [1.29, 1.82) is 0 Å². The van der Waals surface area contributed by atoms with Gasteiger partial charge in [0.05, 0.1) is 0 Å². The van der Waals surface area contributed by atoms with Gasteiger partial charge < -0.3 is 9.64 Å². The van der Waals surface area contributed by atoms with E-state index in [1.165, 1.54) is 0 Å². The Labute approximate surface area is 115 Å². The standard InChI is InChI=1S/C15H23NO3/c1-5-6-7-13(17)12-8-10-16(11-9-12)14(18)19-15(2,3)4/h5-7,12H,1,8-11H2,2-4H3/b7-6+. The zero-order valence-electron chi connectivity index (χ0n) is 12.0. The number of amides is 1. The monoisotopic (exact) mass is 265 g/mol. The van der Waals surface area contributed by atoms with Crippen LogP contribution in [0.2, 0.25) is 0 Å². The molecule has 19 heavy (non-hydrogen) atoms. The summed E-state index contributed by atoms with van der Waals surface area (Å²) in [7, 11) is 0. The average Bonchev–Trinajstić information content (AvgIpc) is 2.34. The van der Waals surface area contributed by atoms with Crippen molar-refractivity contribution >= 4 is 11.9 Å². The topological polar surface area (TPSA) is 46.6 Å². The summed E-state index contributed by atoms with van der Waals surface area (Å²) in [5.41, 5.74) is -0.476. The van der Waals surface area contributed by atoms with Gasteiger partial charge in [-0.3, -0.25) is 4.79 Å². The zero-order valence-corrected chi connectivity index (χ0v) is 12.0. The van der Waals surface area contributed by atoms with Gasteiger partial charge in [-0.15, -0.1) is 0 Å². The number of likely N-dealkylation sites (tertiary alicyclic amines) is 1. The number of nitrogens with zero attached hydrogens (tertiary/aromatic N) is 1. The first-order valence-corrected chi connectivity index (χ1v) is 6.64. The molecule has 1 aliphatic heterocycles. The number of ether oxygens (including phenoxy) is 1. The minimum absolute atomic E-state index is 0.00915. The number of rotatable bonds is 3. The summed E-state index contributed by atoms with van der Waals surface area (Å²) in [5.74, 6) is 0.124. The highest BCUT2D eigenvalue weighted by Crippen LogP contribution is 2.20. The van der Waals surface area contributed by atoms with Crippen molar-refractivity contribution in [2.45, 2.75) is 39.2 Å². The molecule has 0 aliphatic carbocycles. The number of carbonyl (C=O) groups excluding carboxylic acids is 2. The van der Waals surface area contributed by atoms with Crippen molar-refractivity contribution in [1.82, 2.24) is 4.90 Å². The second-order valence-electron chi connectivity index (χ2n) is 5.74. The van der Waals surface area contributed by atoms with Crippen LogP contribution >= 0.6 is 0 Å². The van der Waals surface area contributed by atoms with Crippen LogP contribution in [0, 0.1) is 5.92 Å². The van der Waals surface area contributed by atoms with Crippen LogP contribution in [-0.4, -0.2) is 35.5 Å². The van der Waals surface area contributed by atoms with Crippen LogP contribution in [0.15, 0.2) is 24.8 Å². The Morgan fingerprint density at radius 3 is 2.32 bits per heavy atom. The van der Waals surface area contributed by atoms with Crippen molar-refractivity contribution in [2.24, 2.45) is 5.92 Å². The summed E-state index contributed by atoms with van der Waals surface area (Å²) < 4.78 is 5.31. The lowest BCUT2D eigenvalue weighted by Gasteiger charge is -2.32. The van der Waals surface area contributed by atoms with Crippen LogP contribution in [0.1, 0.15) is 33.6 Å². The third-order valence-electron chi connectivity index (χ3n) is 2.95. The summed E-state index contributed by atoms with van der Waals surface area (Å²) in [6.07, 6.45) is 5.90. The molecule has 4 heteroatoms. The highest BCUT2D eigenvalue weighted by atomic mass is 16.6. The smallest absolute Gasteiger partial charge is 0.410 e. The predicted octanol–water partition coefficient (Wildman–Crippen LogP) is 2.94. The van der Waals surface area contributed by atoms with Gasteiger partial charge in [-0.2, -0.15) is 0 Å². The molecule has 0 spiro atoms. The van der Waals surface area contributed by atoms with Crippen LogP contribution in [0.25, 0.3) is 0 Å². The average molecular weight is 265 g/mol. The molecule has 0 atom stereocenters. The predicted molar refractivity (Wildman–Crippen MR) is 74.9 cm³/mol. The Kier molecular flexibility index (Phi) is 5.33. The first kappa shape index (κ1) is 15.5. The van der Waals surface area contributed by atoms with Gasteiger partial charge in [0.2, 0.25) is 0 Å². The minimum atomic E-state index is -0.476. The first-order chi connectivity index (χ1) is 8.83. The van der Waals surface area contributed by atoms with Crippen LogP contribution in [-0.2, 0) is 9.53 Å². The molecule has 0 aromatic rings. The lowest BCUT2D eigenvalue weighted by Crippen LogP contribution is -2.42. The fourth-order valence-corrected chi connectivity index (χ4v) is 1.97. The van der Waals surface area contributed by atoms with Gasteiger partial charge >= 0.3 is 6.09 Å². The second-order valence-corrected chi connectivity index (χ2v) is 5.74. The van der Waals surface area contributed by atoms with Crippen LogP contribution in [0.5, 0.6) is 0 Å². The molecular formula is C15H23NO3. The highest BCUT2D eigenvalue weighted by Gasteiger charge is 2.28. The maximum Gasteiger partial charge on any atom is 0.410 e. The van der Waals surface area contributed by atoms with E-state index in [2.05, 4.69) is 6.58 Å². The minimum Gasteiger partial charge on any atom is -0.444 e. The summed E-state index contributed by atoms with van der Waals surface area (Å²) in [6, 6.07) is 0. The van der Waals surface area contributed by atoms with Crippen molar-refractivity contribution in [3.05, 3.63) is 24.8 Å². The Bertz CT molecular complexity index is 371. The molecule has 0 N–H and O–H groups in total. The Morgan fingerprint density at radius 2 is 1.84 bits per heavy atom. The van der Waals surface area contributed by atoms with Gasteiger partial charge in [-0.05, 0) is 39.7 Å². The molecule has 1 fully saturated rings. The molecular weight excluding hydrogens is 242 g/mol. The van der Waals surface area contributed by atoms with E-state index >= 15 is 0 Å². The number of carbonyl (C=O) groups is 2. The second kappa shape index (κ2) is 6.55. The third kappa shape index (κ3) is 5.28. The van der Waals surface area contributed by atoms with Crippen molar-refractivity contribution < 1.29 is 14.3 Å². The fourth-order valence-electron chi connectivity index (χ4n) is 1.97. The summed E-state index contributed by atoms with van der Waals surface area (Å²) in [4.78, 5) is 25.3. The molecule has 1 rings (SSSR count). The molecule has 4 nitrogen and oxygen atoms in total. The van der Waals surface area contributed by atoms with E-state index in [0.29, 0.717) is 25.9 Å². The van der Waals surface area contributed by atoms with E-state index in [9.17, 15) is 9.59 Å². The molecule has 0 aromatic heterocycles. The Balaban J connectivity index is 2.44. The Hall–Kier alpha value is -1.58. The van der Waals surface area contributed by atoms with Gasteiger partial charge in [0.15, 0.2) is 5.78 Å². The van der Waals surface area contributed by atoms with E-state index in [0.717, 1.165) is 0 Å². The van der Waals surface area contributed by atoms with E-state index in [1.807, 2.05) is 20.8 Å². The largest absolute Gasteiger partial charge is 0.444 e. The molecule has 0 bridgehead atoms. The molecule has 0 aromatic carbocycles. The number of piperidine rings is 1. The van der Waals surface area contributed by atoms with E-state index < -0.39 is 5.60 Å². The van der Waals surface area contributed by atoms with Crippen LogP contribution in [0.3, 0.4) is 0 Å². The van der Waals surface area contributed by atoms with Gasteiger partial charge in [-0.1, -0.05) is 18.7 Å². The number of hydrogen-bond donors (Lipinski definition) is 0. The van der Waals surface area contributed by atoms with E-state index in [1.54, 1.807) is 23.1 Å². The van der Waals surface area contributed by atoms with Crippen molar-refractivity contribution in [3.63, 3.8) is 0 Å². The molecule has 0 radical (unpaired) electrons. The Morgan fingerprint density at radius 1 is 1.26 bits per heavy atom. The lowest BCUT2D eigenvalue weighted by atomic mass is 9.92. The van der Waals surface area contributed by atoms with Gasteiger partial charge in [0.25, 0.3) is 0 Å². The number of ketones is 1. The SMILES string of the molecule is C=C/C=C/C(=O)C1CCN(C(=O)OC(C)(C)C)CC1. The maximum absolute atomic E-state index is 11.9. The maximum atomic E-state index is 11.9. The van der Waals surface area contributed by atoms with Crippen LogP contribution in [0.4, 0.5) is 4.79 Å².